The van der Waals surface area contributed by atoms with Crippen molar-refractivity contribution < 1.29 is 14.3 Å². The highest BCUT2D eigenvalue weighted by molar-refractivity contribution is 6.30. The van der Waals surface area contributed by atoms with Crippen molar-refractivity contribution >= 4 is 51.4 Å². The first-order valence-electron chi connectivity index (χ1n) is 9.65. The van der Waals surface area contributed by atoms with Gasteiger partial charge in [0, 0.05) is 39.6 Å². The molecule has 3 aromatic carbocycles. The Bertz CT molecular complexity index is 1320. The van der Waals surface area contributed by atoms with E-state index in [1.807, 2.05) is 18.2 Å². The summed E-state index contributed by atoms with van der Waals surface area (Å²) in [6.45, 7) is 0. The summed E-state index contributed by atoms with van der Waals surface area (Å²) >= 11 is 5.90. The summed E-state index contributed by atoms with van der Waals surface area (Å²) in [4.78, 5) is 29.2. The molecule has 2 amide bonds. The molecule has 0 atom stereocenters. The number of ether oxygens (including phenoxy) is 1. The number of hydrogen-bond acceptors (Lipinski definition) is 5. The number of amides is 2. The molecule has 4 rings (SSSR count). The van der Waals surface area contributed by atoms with E-state index in [-0.39, 0.29) is 11.5 Å². The van der Waals surface area contributed by atoms with Gasteiger partial charge in [-0.1, -0.05) is 17.7 Å². The van der Waals surface area contributed by atoms with Crippen LogP contribution < -0.4 is 21.1 Å². The second-order valence-corrected chi connectivity index (χ2v) is 7.40. The zero-order valence-electron chi connectivity index (χ0n) is 17.1. The number of pyridine rings is 1. The van der Waals surface area contributed by atoms with Crippen LogP contribution in [0.15, 0.2) is 72.9 Å². The Hall–Kier alpha value is -4.10. The van der Waals surface area contributed by atoms with Gasteiger partial charge in [-0.25, -0.2) is 0 Å². The maximum Gasteiger partial charge on any atom is 0.255 e. The van der Waals surface area contributed by atoms with E-state index in [9.17, 15) is 9.59 Å². The third-order valence-electron chi connectivity index (χ3n) is 4.84. The molecule has 0 saturated carbocycles. The molecule has 0 radical (unpaired) electrons. The first-order valence-corrected chi connectivity index (χ1v) is 10.0. The van der Waals surface area contributed by atoms with Gasteiger partial charge in [-0.2, -0.15) is 0 Å². The molecule has 4 N–H and O–H groups in total. The fraction of sp³-hybridized carbons (Fsp3) is 0.0417. The number of anilines is 3. The van der Waals surface area contributed by atoms with E-state index < -0.39 is 5.91 Å². The second kappa shape index (κ2) is 8.95. The second-order valence-electron chi connectivity index (χ2n) is 6.96. The lowest BCUT2D eigenvalue weighted by atomic mass is 10.0. The third-order valence-corrected chi connectivity index (χ3v) is 5.09. The van der Waals surface area contributed by atoms with E-state index in [0.717, 1.165) is 0 Å². The Kier molecular flexibility index (Phi) is 5.91. The number of halogens is 1. The van der Waals surface area contributed by atoms with Crippen LogP contribution in [0, 0.1) is 0 Å². The minimum Gasteiger partial charge on any atom is -0.497 e. The first-order chi connectivity index (χ1) is 15.4. The van der Waals surface area contributed by atoms with Crippen LogP contribution in [0.1, 0.15) is 20.7 Å². The van der Waals surface area contributed by atoms with Gasteiger partial charge in [0.2, 0.25) is 0 Å². The normalized spacial score (nSPS) is 10.6. The number of rotatable bonds is 6. The molecule has 0 bridgehead atoms. The van der Waals surface area contributed by atoms with Crippen LogP contribution in [0.2, 0.25) is 5.02 Å². The topological polar surface area (TPSA) is 106 Å². The quantitative estimate of drug-likeness (QED) is 0.386. The Morgan fingerprint density at radius 2 is 1.78 bits per heavy atom. The molecule has 0 aliphatic heterocycles. The molecule has 0 fully saturated rings. The van der Waals surface area contributed by atoms with Crippen molar-refractivity contribution in [3.8, 4) is 5.75 Å². The molecule has 0 aliphatic rings. The van der Waals surface area contributed by atoms with Crippen LogP contribution in [0.3, 0.4) is 0 Å². The Balaban J connectivity index is 1.76. The summed E-state index contributed by atoms with van der Waals surface area (Å²) in [5.41, 5.74) is 8.55. The molecule has 160 valence electrons. The maximum atomic E-state index is 12.8. The van der Waals surface area contributed by atoms with Gasteiger partial charge in [-0.05, 0) is 54.6 Å². The van der Waals surface area contributed by atoms with Crippen molar-refractivity contribution in [3.63, 3.8) is 0 Å². The highest BCUT2D eigenvalue weighted by atomic mass is 35.5. The fourth-order valence-corrected chi connectivity index (χ4v) is 3.36. The summed E-state index contributed by atoms with van der Waals surface area (Å²) in [5.74, 6) is -0.302. The molecule has 1 heterocycles. The van der Waals surface area contributed by atoms with Crippen molar-refractivity contribution in [1.29, 1.82) is 0 Å². The monoisotopic (exact) mass is 446 g/mol. The van der Waals surface area contributed by atoms with Crippen LogP contribution in [-0.2, 0) is 0 Å². The molecule has 8 heteroatoms. The highest BCUT2D eigenvalue weighted by Gasteiger charge is 2.16. The maximum absolute atomic E-state index is 12.8. The SMILES string of the molecule is COc1cccc(Nc2c(C(N)=O)cnc3ccc(C(=O)Nc4ccc(Cl)cc4)cc23)c1. The number of benzene rings is 3. The molecule has 7 nitrogen and oxygen atoms in total. The van der Waals surface area contributed by atoms with Gasteiger partial charge < -0.3 is 21.1 Å². The number of carbonyl (C=O) groups excluding carboxylic acids is 2. The summed E-state index contributed by atoms with van der Waals surface area (Å²) in [6.07, 6.45) is 1.42. The smallest absolute Gasteiger partial charge is 0.255 e. The van der Waals surface area contributed by atoms with Gasteiger partial charge in [0.05, 0.1) is 23.9 Å². The van der Waals surface area contributed by atoms with Crippen molar-refractivity contribution in [2.24, 2.45) is 5.73 Å². The lowest BCUT2D eigenvalue weighted by Crippen LogP contribution is -2.15. The molecule has 32 heavy (non-hydrogen) atoms. The largest absolute Gasteiger partial charge is 0.497 e. The summed E-state index contributed by atoms with van der Waals surface area (Å²) in [5, 5.41) is 7.20. The number of nitrogens with one attached hydrogen (secondary N) is 2. The van der Waals surface area contributed by atoms with E-state index >= 15 is 0 Å². The van der Waals surface area contributed by atoms with Crippen LogP contribution in [-0.4, -0.2) is 23.9 Å². The molecule has 1 aromatic heterocycles. The minimum absolute atomic E-state index is 0.204. The van der Waals surface area contributed by atoms with Gasteiger partial charge in [0.1, 0.15) is 5.75 Å². The third kappa shape index (κ3) is 4.48. The van der Waals surface area contributed by atoms with Crippen molar-refractivity contribution in [3.05, 3.63) is 89.1 Å². The lowest BCUT2D eigenvalue weighted by Gasteiger charge is -2.15. The predicted octanol–water partition coefficient (Wildman–Crippen LogP) is 4.99. The van der Waals surface area contributed by atoms with E-state index in [0.29, 0.717) is 44.3 Å². The van der Waals surface area contributed by atoms with Gasteiger partial charge in [-0.15, -0.1) is 0 Å². The zero-order valence-corrected chi connectivity index (χ0v) is 17.8. The average Bonchev–Trinajstić information content (AvgIpc) is 2.80. The summed E-state index contributed by atoms with van der Waals surface area (Å²) < 4.78 is 5.27. The standard InChI is InChI=1S/C24H19ClN4O3/c1-32-18-4-2-3-17(12-18)28-22-19-11-14(5-10-21(19)27-13-20(22)23(26)30)24(31)29-16-8-6-15(25)7-9-16/h2-13H,1H3,(H2,26,30)(H,27,28)(H,29,31). The van der Waals surface area contributed by atoms with E-state index in [2.05, 4.69) is 15.6 Å². The van der Waals surface area contributed by atoms with Crippen molar-refractivity contribution in [2.45, 2.75) is 0 Å². The number of aromatic nitrogens is 1. The minimum atomic E-state index is -0.638. The highest BCUT2D eigenvalue weighted by Crippen LogP contribution is 2.31. The molecule has 0 aliphatic carbocycles. The molecule has 0 unspecified atom stereocenters. The van der Waals surface area contributed by atoms with Crippen LogP contribution in [0.25, 0.3) is 10.9 Å². The van der Waals surface area contributed by atoms with Crippen molar-refractivity contribution in [2.75, 3.05) is 17.7 Å². The molecule has 0 saturated heterocycles. The Labute approximate surface area is 189 Å². The summed E-state index contributed by atoms with van der Waals surface area (Å²) in [7, 11) is 1.57. The van der Waals surface area contributed by atoms with Gasteiger partial charge >= 0.3 is 0 Å². The fourth-order valence-electron chi connectivity index (χ4n) is 3.24. The molecule has 0 spiro atoms. The van der Waals surface area contributed by atoms with Gasteiger partial charge in [-0.3, -0.25) is 14.6 Å². The zero-order chi connectivity index (χ0) is 22.7. The van der Waals surface area contributed by atoms with E-state index in [4.69, 9.17) is 22.1 Å². The number of fused-ring (bicyclic) bond motifs is 1. The van der Waals surface area contributed by atoms with Gasteiger partial charge in [0.15, 0.2) is 0 Å². The average molecular weight is 447 g/mol. The van der Waals surface area contributed by atoms with Gasteiger partial charge in [0.25, 0.3) is 11.8 Å². The van der Waals surface area contributed by atoms with Crippen LogP contribution in [0.5, 0.6) is 5.75 Å². The Morgan fingerprint density at radius 1 is 1.00 bits per heavy atom. The summed E-state index contributed by atoms with van der Waals surface area (Å²) in [6, 6.07) is 19.1. The number of nitrogens with two attached hydrogens (primary N) is 1. The van der Waals surface area contributed by atoms with E-state index in [1.165, 1.54) is 6.20 Å². The van der Waals surface area contributed by atoms with Crippen LogP contribution in [0.4, 0.5) is 17.1 Å². The first kappa shape index (κ1) is 21.1. The predicted molar refractivity (Wildman–Crippen MR) is 126 cm³/mol. The Morgan fingerprint density at radius 3 is 2.50 bits per heavy atom. The lowest BCUT2D eigenvalue weighted by molar-refractivity contribution is 0.0998. The molecular formula is C24H19ClN4O3. The number of carbonyl (C=O) groups is 2. The molecular weight excluding hydrogens is 428 g/mol. The molecule has 4 aromatic rings. The van der Waals surface area contributed by atoms with Crippen molar-refractivity contribution in [1.82, 2.24) is 4.98 Å². The van der Waals surface area contributed by atoms with E-state index in [1.54, 1.807) is 55.6 Å². The number of primary amides is 1. The van der Waals surface area contributed by atoms with Crippen LogP contribution >= 0.6 is 11.6 Å². The number of hydrogen-bond donors (Lipinski definition) is 3. The number of nitrogens with zero attached hydrogens (tertiary/aromatic N) is 1. The number of methoxy groups -OCH3 is 1.